The fraction of sp³-hybridized carbons (Fsp3) is 0.0755. The number of rotatable bonds is 22. The quantitative estimate of drug-likeness (QED) is 0.0231. The summed E-state index contributed by atoms with van der Waals surface area (Å²) in [6, 6.07) is 107. The van der Waals surface area contributed by atoms with Crippen LogP contribution >= 0.6 is 0 Å². The highest BCUT2D eigenvalue weighted by atomic mass is 14.9. The van der Waals surface area contributed by atoms with Crippen molar-refractivity contribution in [3.05, 3.63) is 425 Å². The summed E-state index contributed by atoms with van der Waals surface area (Å²) in [7, 11) is 7.53. The Morgan fingerprint density at radius 1 is 0.156 bits per heavy atom. The van der Waals surface area contributed by atoms with Gasteiger partial charge in [-0.25, -0.2) is 25.0 Å². The predicted molar refractivity (Wildman–Crippen MR) is 531 cm³/mol. The topological polar surface area (TPSA) is 194 Å². The first-order valence-electron chi connectivity index (χ1n) is 39.8. The SMILES string of the molecule is CN=C1C=CC(=Nc2ccc(N=C3C=CC(=Nc4ccc(C)cc4)C=C3)cc2)C=C1.CNc1ccc(Nc2ccc(N=C3C=CC(=Nc4ccc(C)cc4)C=C3)cc2)cc1.CNc1ccc(Nc2ccc(Nc3ccc(Nc4ccc(C)cc4)cc3)cc2)cc1.CNc1ccc(Nc2ccc(Nc3ccc(Nc4ccc(C)cc4)cc3)cc2)cc1.[CH3-].[CH3-]. The highest BCUT2D eigenvalue weighted by molar-refractivity contribution is 6.21. The van der Waals surface area contributed by atoms with Crippen LogP contribution in [-0.2, 0) is 0 Å². The fourth-order valence-electron chi connectivity index (χ4n) is 12.2. The van der Waals surface area contributed by atoms with Crippen LogP contribution in [0.1, 0.15) is 22.3 Å². The summed E-state index contributed by atoms with van der Waals surface area (Å²) >= 11 is 0. The molecule has 16 rings (SSSR count). The zero-order chi connectivity index (χ0) is 83.0. The first-order chi connectivity index (χ1) is 58.7. The van der Waals surface area contributed by atoms with E-state index < -0.39 is 0 Å². The molecule has 0 aromatic heterocycles. The Balaban J connectivity index is 0.000000158. The van der Waals surface area contributed by atoms with E-state index >= 15 is 0 Å². The normalized spacial score (nSPS) is 11.8. The van der Waals surface area contributed by atoms with Crippen molar-refractivity contribution in [3.8, 4) is 0 Å². The monoisotopic (exact) mass is 1600 g/mol. The smallest absolute Gasteiger partial charge is 0.0638 e. The average molecular weight is 1600 g/mol. The van der Waals surface area contributed by atoms with Crippen molar-refractivity contribution in [2.24, 2.45) is 30.0 Å². The lowest BCUT2D eigenvalue weighted by Gasteiger charge is -2.11. The molecular weight excluding hydrogens is 1500 g/mol. The molecule has 122 heavy (non-hydrogen) atoms. The van der Waals surface area contributed by atoms with E-state index in [0.717, 1.165) is 159 Å². The summed E-state index contributed by atoms with van der Waals surface area (Å²) in [5.41, 5.74) is 33.1. The number of aryl methyl sites for hydroxylation is 4. The molecule has 0 bridgehead atoms. The molecule has 0 saturated carbocycles. The number of allylic oxidation sites excluding steroid dienone is 12. The number of hydrogen-bond donors (Lipinski definition) is 10. The molecule has 13 aromatic rings. The molecule has 0 heterocycles. The highest BCUT2D eigenvalue weighted by Crippen LogP contribution is 2.30. The van der Waals surface area contributed by atoms with Gasteiger partial charge in [0.2, 0.25) is 0 Å². The van der Waals surface area contributed by atoms with Gasteiger partial charge in [0.25, 0.3) is 0 Å². The van der Waals surface area contributed by atoms with Crippen LogP contribution in [0.3, 0.4) is 0 Å². The van der Waals surface area contributed by atoms with Crippen molar-refractivity contribution in [2.75, 3.05) is 81.4 Å². The molecule has 16 heteroatoms. The first-order valence-corrected chi connectivity index (χ1v) is 39.8. The van der Waals surface area contributed by atoms with Crippen LogP contribution in [0.4, 0.5) is 125 Å². The maximum Gasteiger partial charge on any atom is 0.0638 e. The van der Waals surface area contributed by atoms with E-state index in [0.29, 0.717) is 0 Å². The standard InChI is InChI=1S/2C26H26N4.C26H24N4.C26H22N4.2CH3/c4*1-19-3-5-21(6-4-19)28-23-11-13-25(14-12-23)30-26-17-15-24(16-18-26)29-22-9-7-20(27-2)8-10-22;;/h2*3-18,27-30H,1-2H3;3-18,27,29H,1-2H3;3-18H,1-2H3;2*1H3/q;;;;2*-1. The molecule has 13 aromatic carbocycles. The van der Waals surface area contributed by atoms with E-state index in [9.17, 15) is 0 Å². The van der Waals surface area contributed by atoms with Crippen molar-refractivity contribution in [1.82, 2.24) is 0 Å². The summed E-state index contributed by atoms with van der Waals surface area (Å²) in [5.74, 6) is 0. The van der Waals surface area contributed by atoms with Crippen LogP contribution in [0.25, 0.3) is 0 Å². The van der Waals surface area contributed by atoms with E-state index in [4.69, 9.17) is 4.99 Å². The van der Waals surface area contributed by atoms with E-state index in [1.54, 1.807) is 7.05 Å². The van der Waals surface area contributed by atoms with Gasteiger partial charge in [0.15, 0.2) is 0 Å². The Morgan fingerprint density at radius 3 is 0.426 bits per heavy atom. The minimum Gasteiger partial charge on any atom is -0.388 e. The molecule has 0 fully saturated rings. The molecule has 610 valence electrons. The van der Waals surface area contributed by atoms with Crippen LogP contribution in [0, 0.1) is 42.5 Å². The number of benzene rings is 13. The lowest BCUT2D eigenvalue weighted by Crippen LogP contribution is -1.99. The number of nitrogens with one attached hydrogen (secondary N) is 10. The predicted octanol–water partition coefficient (Wildman–Crippen LogP) is 28.4. The third-order valence-electron chi connectivity index (χ3n) is 19.1. The molecule has 0 unspecified atom stereocenters. The van der Waals surface area contributed by atoms with E-state index in [1.165, 1.54) is 22.3 Å². The molecule has 3 aliphatic carbocycles. The molecule has 0 saturated heterocycles. The van der Waals surface area contributed by atoms with Gasteiger partial charge in [-0.15, -0.1) is 0 Å². The average Bonchev–Trinajstić information content (AvgIpc) is 0.896. The number of nitrogens with zero attached hydrogens (tertiary/aromatic N) is 6. The molecule has 3 aliphatic rings. The fourth-order valence-corrected chi connectivity index (χ4v) is 12.2. The van der Waals surface area contributed by atoms with Crippen LogP contribution in [0.5, 0.6) is 0 Å². The van der Waals surface area contributed by atoms with Crippen molar-refractivity contribution in [3.63, 3.8) is 0 Å². The number of hydrogen-bond acceptors (Lipinski definition) is 16. The second kappa shape index (κ2) is 44.6. The Labute approximate surface area is 719 Å². The molecular formula is C106H104N16-2. The van der Waals surface area contributed by atoms with Gasteiger partial charge in [0.1, 0.15) is 0 Å². The van der Waals surface area contributed by atoms with Gasteiger partial charge in [-0.3, -0.25) is 4.99 Å². The molecule has 0 atom stereocenters. The maximum atomic E-state index is 4.69. The van der Waals surface area contributed by atoms with Crippen LogP contribution in [-0.4, -0.2) is 62.5 Å². The zero-order valence-electron chi connectivity index (χ0n) is 70.6. The maximum absolute atomic E-state index is 4.69. The second-order valence-electron chi connectivity index (χ2n) is 28.5. The minimum absolute atomic E-state index is 0. The van der Waals surface area contributed by atoms with Crippen molar-refractivity contribution < 1.29 is 0 Å². The number of anilines is 17. The second-order valence-corrected chi connectivity index (χ2v) is 28.5. The Kier molecular flexibility index (Phi) is 31.9. The summed E-state index contributed by atoms with van der Waals surface area (Å²) in [6.07, 6.45) is 23.7. The van der Waals surface area contributed by atoms with Crippen LogP contribution < -0.4 is 53.2 Å². The lowest BCUT2D eigenvalue weighted by atomic mass is 10.1. The van der Waals surface area contributed by atoms with Gasteiger partial charge < -0.3 is 68.0 Å². The van der Waals surface area contributed by atoms with E-state index in [2.05, 4.69) is 324 Å². The summed E-state index contributed by atoms with van der Waals surface area (Å²) in [6.45, 7) is 8.33. The summed E-state index contributed by atoms with van der Waals surface area (Å²) < 4.78 is 0. The molecule has 0 spiro atoms. The van der Waals surface area contributed by atoms with Crippen molar-refractivity contribution >= 4 is 159 Å². The van der Waals surface area contributed by atoms with Gasteiger partial charge in [0.05, 0.1) is 62.7 Å². The zero-order valence-corrected chi connectivity index (χ0v) is 70.6. The van der Waals surface area contributed by atoms with E-state index in [1.807, 2.05) is 191 Å². The van der Waals surface area contributed by atoms with Crippen LogP contribution in [0.2, 0.25) is 0 Å². The van der Waals surface area contributed by atoms with E-state index in [-0.39, 0.29) is 14.9 Å². The minimum atomic E-state index is 0. The van der Waals surface area contributed by atoms with Gasteiger partial charge >= 0.3 is 0 Å². The van der Waals surface area contributed by atoms with Gasteiger partial charge in [-0.05, 0) is 368 Å². The largest absolute Gasteiger partial charge is 0.388 e. The first kappa shape index (κ1) is 87.2. The summed E-state index contributed by atoms with van der Waals surface area (Å²) in [4.78, 5) is 27.4. The van der Waals surface area contributed by atoms with Gasteiger partial charge in [-0.2, -0.15) is 0 Å². The lowest BCUT2D eigenvalue weighted by molar-refractivity contribution is 1.43. The van der Waals surface area contributed by atoms with Gasteiger partial charge in [0, 0.05) is 125 Å². The Bertz CT molecular complexity index is 5670. The molecule has 0 aliphatic heterocycles. The highest BCUT2D eigenvalue weighted by Gasteiger charge is 2.08. The van der Waals surface area contributed by atoms with Crippen molar-refractivity contribution in [2.45, 2.75) is 27.7 Å². The Hall–Kier alpha value is -15.7. The third kappa shape index (κ3) is 27.8. The van der Waals surface area contributed by atoms with Crippen molar-refractivity contribution in [1.29, 1.82) is 0 Å². The van der Waals surface area contributed by atoms with Gasteiger partial charge in [-0.1, -0.05) is 70.8 Å². The molecule has 0 amide bonds. The molecule has 0 radical (unpaired) electrons. The summed E-state index contributed by atoms with van der Waals surface area (Å²) in [5, 5.41) is 33.3. The third-order valence-corrected chi connectivity index (χ3v) is 19.1. The number of aliphatic imine (C=N–C) groups is 6. The Morgan fingerprint density at radius 2 is 0.270 bits per heavy atom. The molecule has 16 nitrogen and oxygen atoms in total. The van der Waals surface area contributed by atoms with Crippen LogP contribution in [0.15, 0.2) is 418 Å². The molecule has 10 N–H and O–H groups in total.